The summed E-state index contributed by atoms with van der Waals surface area (Å²) in [4.78, 5) is 4.22. The molecule has 4 rings (SSSR count). The van der Waals surface area contributed by atoms with E-state index < -0.39 is 0 Å². The lowest BCUT2D eigenvalue weighted by Crippen LogP contribution is -1.97. The van der Waals surface area contributed by atoms with E-state index in [0.29, 0.717) is 5.88 Å². The Morgan fingerprint density at radius 2 is 1.59 bits per heavy atom. The van der Waals surface area contributed by atoms with Gasteiger partial charge in [-0.25, -0.2) is 4.98 Å². The minimum absolute atomic E-state index is 0.583. The Kier molecular flexibility index (Phi) is 3.09. The molecular weight excluding hydrogens is 272 g/mol. The lowest BCUT2D eigenvalue weighted by molar-refractivity contribution is 0.465. The van der Waals surface area contributed by atoms with Crippen molar-refractivity contribution < 1.29 is 4.74 Å². The molecule has 0 radical (unpaired) electrons. The van der Waals surface area contributed by atoms with Crippen LogP contribution in [0.4, 0.5) is 11.4 Å². The lowest BCUT2D eigenvalue weighted by Gasteiger charge is -2.14. The predicted octanol–water partition coefficient (Wildman–Crippen LogP) is 5.10. The number of hydrogen-bond donors (Lipinski definition) is 1. The fourth-order valence-electron chi connectivity index (χ4n) is 2.50. The number of nitrogens with zero attached hydrogens (tertiary/aromatic N) is 1. The van der Waals surface area contributed by atoms with Gasteiger partial charge in [-0.2, -0.15) is 0 Å². The summed E-state index contributed by atoms with van der Waals surface area (Å²) >= 11 is 0. The number of para-hydroxylation sites is 2. The first-order chi connectivity index (χ1) is 10.9. The summed E-state index contributed by atoms with van der Waals surface area (Å²) in [6, 6.07) is 19.8. The Balaban J connectivity index is 1.78. The molecule has 0 bridgehead atoms. The average molecular weight is 286 g/mol. The smallest absolute Gasteiger partial charge is 0.219 e. The van der Waals surface area contributed by atoms with Crippen LogP contribution in [0.3, 0.4) is 0 Å². The van der Waals surface area contributed by atoms with Gasteiger partial charge in [0.2, 0.25) is 5.88 Å². The molecule has 1 aliphatic heterocycles. The van der Waals surface area contributed by atoms with Crippen molar-refractivity contribution in [2.24, 2.45) is 0 Å². The van der Waals surface area contributed by atoms with Crippen LogP contribution in [0.15, 0.2) is 66.9 Å². The molecule has 0 fully saturated rings. The van der Waals surface area contributed by atoms with Gasteiger partial charge in [0, 0.05) is 23.5 Å². The molecular formula is C19H14N2O. The average Bonchev–Trinajstić information content (AvgIpc) is 2.76. The molecule has 0 saturated heterocycles. The minimum atomic E-state index is 0.583. The standard InChI is InChI=1S/C19H14N2O/c1-2-8-16-14(6-1)11-12-15-7-5-9-17(19(15)21-16)22-18-10-3-4-13-20-18/h1-13,21H. The molecule has 0 spiro atoms. The highest BCUT2D eigenvalue weighted by Gasteiger charge is 2.13. The van der Waals surface area contributed by atoms with Crippen molar-refractivity contribution in [3.63, 3.8) is 0 Å². The van der Waals surface area contributed by atoms with Gasteiger partial charge in [0.25, 0.3) is 0 Å². The van der Waals surface area contributed by atoms with E-state index in [0.717, 1.165) is 28.3 Å². The summed E-state index contributed by atoms with van der Waals surface area (Å²) in [5.41, 5.74) is 4.26. The van der Waals surface area contributed by atoms with Gasteiger partial charge in [-0.05, 0) is 23.8 Å². The van der Waals surface area contributed by atoms with Crippen LogP contribution in [-0.4, -0.2) is 4.98 Å². The molecule has 1 N–H and O–H groups in total. The van der Waals surface area contributed by atoms with Crippen molar-refractivity contribution in [1.82, 2.24) is 4.98 Å². The first kappa shape index (κ1) is 12.7. The monoisotopic (exact) mass is 286 g/mol. The summed E-state index contributed by atoms with van der Waals surface area (Å²) in [5, 5.41) is 3.48. The molecule has 0 aliphatic carbocycles. The van der Waals surface area contributed by atoms with E-state index >= 15 is 0 Å². The first-order valence-corrected chi connectivity index (χ1v) is 7.16. The largest absolute Gasteiger partial charge is 0.437 e. The highest BCUT2D eigenvalue weighted by atomic mass is 16.5. The maximum Gasteiger partial charge on any atom is 0.219 e. The van der Waals surface area contributed by atoms with Gasteiger partial charge in [-0.3, -0.25) is 0 Å². The SMILES string of the molecule is C1=Cc2cccc(Oc3ccccn3)c2Nc2ccccc21. The summed E-state index contributed by atoms with van der Waals surface area (Å²) < 4.78 is 5.94. The number of rotatable bonds is 2. The second-order valence-corrected chi connectivity index (χ2v) is 5.04. The Morgan fingerprint density at radius 3 is 2.50 bits per heavy atom. The zero-order valence-electron chi connectivity index (χ0n) is 11.9. The van der Waals surface area contributed by atoms with Gasteiger partial charge >= 0.3 is 0 Å². The zero-order chi connectivity index (χ0) is 14.8. The van der Waals surface area contributed by atoms with Gasteiger partial charge in [-0.1, -0.05) is 48.6 Å². The molecule has 0 atom stereocenters. The van der Waals surface area contributed by atoms with E-state index in [1.807, 2.05) is 42.5 Å². The second-order valence-electron chi connectivity index (χ2n) is 5.04. The Hall–Kier alpha value is -3.07. The van der Waals surface area contributed by atoms with Crippen LogP contribution in [0.1, 0.15) is 11.1 Å². The number of ether oxygens (including phenoxy) is 1. The fraction of sp³-hybridized carbons (Fsp3) is 0. The van der Waals surface area contributed by atoms with Gasteiger partial charge in [0.1, 0.15) is 0 Å². The number of anilines is 2. The van der Waals surface area contributed by atoms with E-state index in [2.05, 4.69) is 40.7 Å². The molecule has 1 aliphatic rings. The second kappa shape index (κ2) is 5.37. The van der Waals surface area contributed by atoms with Gasteiger partial charge in [0.15, 0.2) is 5.75 Å². The number of aromatic nitrogens is 1. The first-order valence-electron chi connectivity index (χ1n) is 7.16. The lowest BCUT2D eigenvalue weighted by atomic mass is 10.1. The van der Waals surface area contributed by atoms with E-state index in [-0.39, 0.29) is 0 Å². The molecule has 3 nitrogen and oxygen atoms in total. The van der Waals surface area contributed by atoms with E-state index in [1.54, 1.807) is 6.20 Å². The molecule has 2 aromatic carbocycles. The summed E-state index contributed by atoms with van der Waals surface area (Å²) in [7, 11) is 0. The highest BCUT2D eigenvalue weighted by Crippen LogP contribution is 2.38. The third-order valence-electron chi connectivity index (χ3n) is 3.57. The van der Waals surface area contributed by atoms with Crippen LogP contribution >= 0.6 is 0 Å². The van der Waals surface area contributed by atoms with Crippen LogP contribution in [0.2, 0.25) is 0 Å². The van der Waals surface area contributed by atoms with Crippen molar-refractivity contribution in [2.75, 3.05) is 5.32 Å². The van der Waals surface area contributed by atoms with Crippen molar-refractivity contribution >= 4 is 23.5 Å². The van der Waals surface area contributed by atoms with Crippen LogP contribution in [-0.2, 0) is 0 Å². The van der Waals surface area contributed by atoms with E-state index in [1.165, 1.54) is 0 Å². The molecule has 3 aromatic rings. The van der Waals surface area contributed by atoms with Crippen LogP contribution < -0.4 is 10.1 Å². The molecule has 0 amide bonds. The summed E-state index contributed by atoms with van der Waals surface area (Å²) in [6.45, 7) is 0. The van der Waals surface area contributed by atoms with E-state index in [9.17, 15) is 0 Å². The molecule has 2 heterocycles. The van der Waals surface area contributed by atoms with Crippen molar-refractivity contribution in [3.05, 3.63) is 78.0 Å². The van der Waals surface area contributed by atoms with Crippen molar-refractivity contribution in [2.45, 2.75) is 0 Å². The topological polar surface area (TPSA) is 34.1 Å². The fourth-order valence-corrected chi connectivity index (χ4v) is 2.50. The predicted molar refractivity (Wildman–Crippen MR) is 89.4 cm³/mol. The number of benzene rings is 2. The molecule has 22 heavy (non-hydrogen) atoms. The highest BCUT2D eigenvalue weighted by molar-refractivity contribution is 5.89. The molecule has 1 aromatic heterocycles. The third-order valence-corrected chi connectivity index (χ3v) is 3.57. The Bertz CT molecular complexity index is 841. The normalized spacial score (nSPS) is 11.8. The number of pyridine rings is 1. The molecule has 106 valence electrons. The summed E-state index contributed by atoms with van der Waals surface area (Å²) in [5.74, 6) is 1.34. The zero-order valence-corrected chi connectivity index (χ0v) is 11.9. The maximum atomic E-state index is 5.94. The molecule has 3 heteroatoms. The maximum absolute atomic E-state index is 5.94. The third kappa shape index (κ3) is 2.33. The minimum Gasteiger partial charge on any atom is -0.437 e. The van der Waals surface area contributed by atoms with Crippen LogP contribution in [0.25, 0.3) is 12.2 Å². The van der Waals surface area contributed by atoms with Gasteiger partial charge in [-0.15, -0.1) is 0 Å². The molecule has 0 saturated carbocycles. The summed E-state index contributed by atoms with van der Waals surface area (Å²) in [6.07, 6.45) is 5.93. The Labute approximate surface area is 128 Å². The quantitative estimate of drug-likeness (QED) is 0.556. The van der Waals surface area contributed by atoms with Crippen molar-refractivity contribution in [3.8, 4) is 11.6 Å². The molecule has 0 unspecified atom stereocenters. The number of nitrogens with one attached hydrogen (secondary N) is 1. The van der Waals surface area contributed by atoms with Crippen molar-refractivity contribution in [1.29, 1.82) is 0 Å². The number of hydrogen-bond acceptors (Lipinski definition) is 3. The van der Waals surface area contributed by atoms with Gasteiger partial charge in [0.05, 0.1) is 5.69 Å². The van der Waals surface area contributed by atoms with Crippen LogP contribution in [0, 0.1) is 0 Å². The van der Waals surface area contributed by atoms with Crippen LogP contribution in [0.5, 0.6) is 11.6 Å². The van der Waals surface area contributed by atoms with Gasteiger partial charge < -0.3 is 10.1 Å². The van der Waals surface area contributed by atoms with E-state index in [4.69, 9.17) is 4.74 Å². The number of fused-ring (bicyclic) bond motifs is 2. The Morgan fingerprint density at radius 1 is 0.773 bits per heavy atom.